The summed E-state index contributed by atoms with van der Waals surface area (Å²) in [4.78, 5) is 13.0. The van der Waals surface area contributed by atoms with Gasteiger partial charge in [-0.1, -0.05) is 13.0 Å². The molecule has 5 heteroatoms. The lowest BCUT2D eigenvalue weighted by Crippen LogP contribution is -2.12. The first kappa shape index (κ1) is 13.3. The van der Waals surface area contributed by atoms with Gasteiger partial charge in [0.15, 0.2) is 0 Å². The predicted octanol–water partition coefficient (Wildman–Crippen LogP) is 1.98. The van der Waals surface area contributed by atoms with Crippen LogP contribution in [0.1, 0.15) is 24.0 Å². The first-order valence-corrected chi connectivity index (χ1v) is 6.47. The van der Waals surface area contributed by atoms with Crippen LogP contribution in [0.5, 0.6) is 0 Å². The topological polar surface area (TPSA) is 76.7 Å². The quantitative estimate of drug-likeness (QED) is 0.856. The van der Waals surface area contributed by atoms with Crippen LogP contribution in [0, 0.1) is 6.92 Å². The third-order valence-electron chi connectivity index (χ3n) is 2.95. The van der Waals surface area contributed by atoms with E-state index in [-0.39, 0.29) is 0 Å². The Balaban J connectivity index is 2.01. The maximum Gasteiger partial charge on any atom is 0.134 e. The number of aryl methyl sites for hydroxylation is 1. The van der Waals surface area contributed by atoms with Crippen LogP contribution >= 0.6 is 0 Å². The van der Waals surface area contributed by atoms with Gasteiger partial charge in [0.1, 0.15) is 17.5 Å². The van der Waals surface area contributed by atoms with E-state index in [1.165, 1.54) is 0 Å². The summed E-state index contributed by atoms with van der Waals surface area (Å²) in [6.45, 7) is 4.72. The normalized spacial score (nSPS) is 10.4. The highest BCUT2D eigenvalue weighted by Gasteiger charge is 2.07. The van der Waals surface area contributed by atoms with Crippen LogP contribution in [0.25, 0.3) is 0 Å². The molecule has 0 saturated heterocycles. The molecule has 0 aliphatic heterocycles. The highest BCUT2D eigenvalue weighted by atomic mass is 15.1. The van der Waals surface area contributed by atoms with E-state index >= 15 is 0 Å². The van der Waals surface area contributed by atoms with Gasteiger partial charge in [0.05, 0.1) is 0 Å². The zero-order valence-corrected chi connectivity index (χ0v) is 11.3. The molecule has 100 valence electrons. The number of nitrogen functional groups attached to an aromatic ring is 1. The summed E-state index contributed by atoms with van der Waals surface area (Å²) < 4.78 is 0. The Morgan fingerprint density at radius 2 is 2.11 bits per heavy atom. The number of nitrogens with two attached hydrogens (primary N) is 1. The molecule has 2 heterocycles. The number of nitrogens with zero attached hydrogens (tertiary/aromatic N) is 3. The van der Waals surface area contributed by atoms with Crippen LogP contribution in [-0.4, -0.2) is 21.5 Å². The van der Waals surface area contributed by atoms with Crippen molar-refractivity contribution in [1.29, 1.82) is 0 Å². The van der Waals surface area contributed by atoms with Gasteiger partial charge in [0.2, 0.25) is 0 Å². The summed E-state index contributed by atoms with van der Waals surface area (Å²) in [7, 11) is 0. The van der Waals surface area contributed by atoms with Gasteiger partial charge in [-0.3, -0.25) is 4.98 Å². The molecule has 0 fully saturated rings. The molecule has 0 atom stereocenters. The Hall–Kier alpha value is -2.17. The number of nitrogens with one attached hydrogen (secondary N) is 1. The van der Waals surface area contributed by atoms with Gasteiger partial charge >= 0.3 is 0 Å². The Labute approximate surface area is 113 Å². The van der Waals surface area contributed by atoms with E-state index in [1.807, 2.05) is 32.0 Å². The number of anilines is 2. The first-order chi connectivity index (χ1) is 9.20. The number of hydrogen-bond acceptors (Lipinski definition) is 5. The second-order valence-corrected chi connectivity index (χ2v) is 4.35. The summed E-state index contributed by atoms with van der Waals surface area (Å²) in [5, 5.41) is 3.31. The van der Waals surface area contributed by atoms with Crippen LogP contribution in [0.4, 0.5) is 11.6 Å². The van der Waals surface area contributed by atoms with Crippen LogP contribution in [-0.2, 0) is 12.8 Å². The summed E-state index contributed by atoms with van der Waals surface area (Å²) in [6, 6.07) is 5.92. The molecular formula is C14H19N5. The van der Waals surface area contributed by atoms with Crippen LogP contribution in [0.3, 0.4) is 0 Å². The Morgan fingerprint density at radius 3 is 2.79 bits per heavy atom. The summed E-state index contributed by atoms with van der Waals surface area (Å²) in [5.74, 6) is 2.14. The second kappa shape index (κ2) is 6.13. The number of rotatable bonds is 5. The van der Waals surface area contributed by atoms with Gasteiger partial charge in [0, 0.05) is 36.8 Å². The Morgan fingerprint density at radius 1 is 1.26 bits per heavy atom. The molecule has 0 amide bonds. The van der Waals surface area contributed by atoms with E-state index in [0.29, 0.717) is 5.82 Å². The summed E-state index contributed by atoms with van der Waals surface area (Å²) in [5.41, 5.74) is 7.84. The minimum absolute atomic E-state index is 0.548. The van der Waals surface area contributed by atoms with Gasteiger partial charge < -0.3 is 11.1 Å². The minimum atomic E-state index is 0.548. The van der Waals surface area contributed by atoms with Gasteiger partial charge in [-0.05, 0) is 19.1 Å². The van der Waals surface area contributed by atoms with Crippen molar-refractivity contribution < 1.29 is 0 Å². The molecule has 0 aliphatic carbocycles. The molecule has 2 aromatic heterocycles. The zero-order valence-electron chi connectivity index (χ0n) is 11.3. The summed E-state index contributed by atoms with van der Waals surface area (Å²) >= 11 is 0. The fourth-order valence-electron chi connectivity index (χ4n) is 1.77. The lowest BCUT2D eigenvalue weighted by Gasteiger charge is -2.11. The predicted molar refractivity (Wildman–Crippen MR) is 77.0 cm³/mol. The average Bonchev–Trinajstić information content (AvgIpc) is 2.44. The third kappa shape index (κ3) is 3.40. The van der Waals surface area contributed by atoms with Crippen molar-refractivity contribution in [3.8, 4) is 0 Å². The van der Waals surface area contributed by atoms with Crippen molar-refractivity contribution in [2.24, 2.45) is 0 Å². The lowest BCUT2D eigenvalue weighted by molar-refractivity contribution is 0.910. The average molecular weight is 257 g/mol. The molecule has 0 unspecified atom stereocenters. The van der Waals surface area contributed by atoms with Crippen LogP contribution in [0.2, 0.25) is 0 Å². The van der Waals surface area contributed by atoms with E-state index in [0.717, 1.165) is 42.3 Å². The lowest BCUT2D eigenvalue weighted by atomic mass is 10.2. The number of hydrogen-bond donors (Lipinski definition) is 2. The van der Waals surface area contributed by atoms with E-state index in [2.05, 4.69) is 20.3 Å². The van der Waals surface area contributed by atoms with E-state index in [9.17, 15) is 0 Å². The minimum Gasteiger partial charge on any atom is -0.383 e. The molecule has 3 N–H and O–H groups in total. The zero-order chi connectivity index (χ0) is 13.7. The first-order valence-electron chi connectivity index (χ1n) is 6.47. The largest absolute Gasteiger partial charge is 0.383 e. The summed E-state index contributed by atoms with van der Waals surface area (Å²) in [6.07, 6.45) is 3.43. The maximum atomic E-state index is 5.88. The second-order valence-electron chi connectivity index (χ2n) is 4.35. The Kier molecular flexibility index (Phi) is 4.28. The van der Waals surface area contributed by atoms with Crippen LogP contribution in [0.15, 0.2) is 24.4 Å². The van der Waals surface area contributed by atoms with Crippen molar-refractivity contribution in [3.63, 3.8) is 0 Å². The molecule has 0 bridgehead atoms. The van der Waals surface area contributed by atoms with Crippen LogP contribution < -0.4 is 11.1 Å². The van der Waals surface area contributed by atoms with Gasteiger partial charge in [-0.15, -0.1) is 0 Å². The molecule has 2 rings (SSSR count). The number of aromatic nitrogens is 3. The standard InChI is InChI=1S/C14H19N5/c1-3-12-18-13(15)10(2)14(19-12)17-9-7-11-6-4-5-8-16-11/h4-6,8H,3,7,9H2,1-2H3,(H3,15,17,18,19). The SMILES string of the molecule is CCc1nc(N)c(C)c(NCCc2ccccn2)n1. The molecule has 0 spiro atoms. The van der Waals surface area contributed by atoms with Crippen molar-refractivity contribution in [2.75, 3.05) is 17.6 Å². The molecule has 0 aliphatic rings. The third-order valence-corrected chi connectivity index (χ3v) is 2.95. The maximum absolute atomic E-state index is 5.88. The molecule has 5 nitrogen and oxygen atoms in total. The molecule has 0 radical (unpaired) electrons. The number of pyridine rings is 1. The van der Waals surface area contributed by atoms with Gasteiger partial charge in [-0.25, -0.2) is 9.97 Å². The fraction of sp³-hybridized carbons (Fsp3) is 0.357. The van der Waals surface area contributed by atoms with E-state index in [4.69, 9.17) is 5.73 Å². The Bertz CT molecular complexity index is 539. The molecule has 0 saturated carbocycles. The monoisotopic (exact) mass is 257 g/mol. The van der Waals surface area contributed by atoms with Gasteiger partial charge in [-0.2, -0.15) is 0 Å². The van der Waals surface area contributed by atoms with Crippen molar-refractivity contribution in [1.82, 2.24) is 15.0 Å². The van der Waals surface area contributed by atoms with Crippen molar-refractivity contribution in [3.05, 3.63) is 41.5 Å². The fourth-order valence-corrected chi connectivity index (χ4v) is 1.77. The van der Waals surface area contributed by atoms with Gasteiger partial charge in [0.25, 0.3) is 0 Å². The smallest absolute Gasteiger partial charge is 0.134 e. The van der Waals surface area contributed by atoms with Crippen molar-refractivity contribution in [2.45, 2.75) is 26.7 Å². The van der Waals surface area contributed by atoms with E-state index in [1.54, 1.807) is 6.20 Å². The van der Waals surface area contributed by atoms with Crippen molar-refractivity contribution >= 4 is 11.6 Å². The highest BCUT2D eigenvalue weighted by molar-refractivity contribution is 5.54. The highest BCUT2D eigenvalue weighted by Crippen LogP contribution is 2.17. The molecular weight excluding hydrogens is 238 g/mol. The molecule has 19 heavy (non-hydrogen) atoms. The molecule has 2 aromatic rings. The van der Waals surface area contributed by atoms with E-state index < -0.39 is 0 Å². The molecule has 0 aromatic carbocycles.